The third kappa shape index (κ3) is 5.57. The molecule has 4 N–H and O–H groups in total. The van der Waals surface area contributed by atoms with E-state index in [0.717, 1.165) is 5.56 Å². The number of halogens is 2. The van der Waals surface area contributed by atoms with E-state index in [2.05, 4.69) is 20.5 Å². The van der Waals surface area contributed by atoms with Crippen molar-refractivity contribution in [2.45, 2.75) is 25.0 Å². The van der Waals surface area contributed by atoms with Gasteiger partial charge in [-0.05, 0) is 55.0 Å². The number of rotatable bonds is 8. The molecule has 4 aromatic rings. The van der Waals surface area contributed by atoms with E-state index in [1.165, 1.54) is 25.1 Å². The molecule has 0 bridgehead atoms. The van der Waals surface area contributed by atoms with Crippen LogP contribution in [0, 0.1) is 5.82 Å². The minimum atomic E-state index is -1.64. The predicted molar refractivity (Wildman–Crippen MR) is 131 cm³/mol. The van der Waals surface area contributed by atoms with E-state index < -0.39 is 30.0 Å². The second-order valence-electron chi connectivity index (χ2n) is 8.40. The molecule has 1 amide bonds. The topological polar surface area (TPSA) is 111 Å². The zero-order valence-electron chi connectivity index (χ0n) is 18.9. The molecule has 0 aliphatic rings. The van der Waals surface area contributed by atoms with Gasteiger partial charge in [0.05, 0.1) is 35.2 Å². The van der Waals surface area contributed by atoms with Gasteiger partial charge in [0.25, 0.3) is 5.91 Å². The lowest BCUT2D eigenvalue weighted by Gasteiger charge is -2.32. The molecule has 0 aliphatic carbocycles. The number of aromatic nitrogens is 3. The van der Waals surface area contributed by atoms with Crippen LogP contribution in [0.4, 0.5) is 4.39 Å². The number of hydrogen-bond donors (Lipinski definition) is 4. The predicted octanol–water partition coefficient (Wildman–Crippen LogP) is 4.02. The highest BCUT2D eigenvalue weighted by molar-refractivity contribution is 6.30. The average molecular weight is 495 g/mol. The molecule has 2 aromatic carbocycles. The molecular weight excluding hydrogens is 471 g/mol. The van der Waals surface area contributed by atoms with Gasteiger partial charge in [0, 0.05) is 23.3 Å². The minimum Gasteiger partial charge on any atom is -0.393 e. The molecule has 0 saturated carbocycles. The third-order valence-corrected chi connectivity index (χ3v) is 6.01. The number of hydrogen-bond acceptors (Lipinski definition) is 5. The monoisotopic (exact) mass is 494 g/mol. The van der Waals surface area contributed by atoms with Crippen LogP contribution in [0.1, 0.15) is 23.0 Å². The fraction of sp³-hybridized carbons (Fsp3) is 0.192. The molecule has 7 nitrogen and oxygen atoms in total. The lowest BCUT2D eigenvalue weighted by molar-refractivity contribution is -0.0277. The summed E-state index contributed by atoms with van der Waals surface area (Å²) in [6, 6.07) is 17.3. The first-order chi connectivity index (χ1) is 16.8. The summed E-state index contributed by atoms with van der Waals surface area (Å²) in [5, 5.41) is 30.9. The Bertz CT molecular complexity index is 1310. The quantitative estimate of drug-likeness (QED) is 0.296. The molecule has 0 saturated heterocycles. The number of nitrogens with zero attached hydrogens (tertiary/aromatic N) is 2. The molecule has 4 rings (SSSR count). The normalized spacial score (nSPS) is 13.7. The Hall–Kier alpha value is -3.59. The van der Waals surface area contributed by atoms with Gasteiger partial charge in [-0.1, -0.05) is 35.9 Å². The average Bonchev–Trinajstić information content (AvgIpc) is 3.34. The van der Waals surface area contributed by atoms with E-state index >= 15 is 0 Å². The first kappa shape index (κ1) is 24.5. The molecule has 35 heavy (non-hydrogen) atoms. The van der Waals surface area contributed by atoms with Gasteiger partial charge in [-0.25, -0.2) is 4.39 Å². The maximum Gasteiger partial charge on any atom is 0.252 e. The number of aromatic amines is 1. The van der Waals surface area contributed by atoms with Gasteiger partial charge in [0.2, 0.25) is 0 Å². The van der Waals surface area contributed by atoms with Crippen molar-refractivity contribution in [2.75, 3.05) is 6.61 Å². The number of carbonyl (C=O) groups excluding carboxylic acids is 1. The molecule has 0 fully saturated rings. The number of H-pyrrole nitrogens is 1. The maximum atomic E-state index is 15.0. The largest absolute Gasteiger partial charge is 0.393 e. The Kier molecular flexibility index (Phi) is 7.25. The fourth-order valence-corrected chi connectivity index (χ4v) is 3.83. The van der Waals surface area contributed by atoms with Gasteiger partial charge in [-0.3, -0.25) is 14.9 Å². The van der Waals surface area contributed by atoms with Crippen molar-refractivity contribution in [3.63, 3.8) is 0 Å². The van der Waals surface area contributed by atoms with Crippen LogP contribution >= 0.6 is 11.6 Å². The summed E-state index contributed by atoms with van der Waals surface area (Å²) in [4.78, 5) is 17.6. The van der Waals surface area contributed by atoms with Crippen LogP contribution in [0.15, 0.2) is 72.9 Å². The van der Waals surface area contributed by atoms with Crippen LogP contribution in [0.3, 0.4) is 0 Å². The van der Waals surface area contributed by atoms with Crippen molar-refractivity contribution in [1.82, 2.24) is 20.5 Å². The Morgan fingerprint density at radius 1 is 1.17 bits per heavy atom. The molecule has 0 aliphatic heterocycles. The summed E-state index contributed by atoms with van der Waals surface area (Å²) in [6.07, 6.45) is 1.76. The van der Waals surface area contributed by atoms with E-state index in [1.807, 2.05) is 0 Å². The Morgan fingerprint density at radius 3 is 2.63 bits per heavy atom. The van der Waals surface area contributed by atoms with E-state index in [4.69, 9.17) is 11.6 Å². The highest BCUT2D eigenvalue weighted by atomic mass is 35.5. The minimum absolute atomic E-state index is 0.0155. The number of nitrogens with one attached hydrogen (secondary N) is 2. The molecule has 0 spiro atoms. The van der Waals surface area contributed by atoms with Crippen molar-refractivity contribution in [3.8, 4) is 22.5 Å². The van der Waals surface area contributed by atoms with Crippen LogP contribution in [0.5, 0.6) is 0 Å². The lowest BCUT2D eigenvalue weighted by atomic mass is 9.92. The molecule has 180 valence electrons. The molecule has 0 radical (unpaired) electrons. The molecule has 2 aromatic heterocycles. The Labute approximate surface area is 206 Å². The number of carbonyl (C=O) groups is 1. The zero-order chi connectivity index (χ0) is 25.0. The highest BCUT2D eigenvalue weighted by Crippen LogP contribution is 2.30. The molecular formula is C26H24ClFN4O3. The Morgan fingerprint density at radius 2 is 1.94 bits per heavy atom. The van der Waals surface area contributed by atoms with E-state index in [1.54, 1.807) is 54.7 Å². The van der Waals surface area contributed by atoms with Gasteiger partial charge >= 0.3 is 0 Å². The molecule has 2 atom stereocenters. The molecule has 2 heterocycles. The van der Waals surface area contributed by atoms with Crippen molar-refractivity contribution in [2.24, 2.45) is 0 Å². The van der Waals surface area contributed by atoms with Crippen LogP contribution in [0.25, 0.3) is 22.5 Å². The number of benzene rings is 2. The summed E-state index contributed by atoms with van der Waals surface area (Å²) in [5.41, 5.74) is 0.696. The second kappa shape index (κ2) is 10.4. The summed E-state index contributed by atoms with van der Waals surface area (Å²) in [5.74, 6) is -1.24. The Balaban J connectivity index is 1.66. The third-order valence-electron chi connectivity index (χ3n) is 5.76. The van der Waals surface area contributed by atoms with Gasteiger partial charge in [-0.2, -0.15) is 5.10 Å². The number of pyridine rings is 1. The van der Waals surface area contributed by atoms with Crippen LogP contribution in [-0.4, -0.2) is 49.6 Å². The van der Waals surface area contributed by atoms with Gasteiger partial charge in [-0.15, -0.1) is 0 Å². The summed E-state index contributed by atoms with van der Waals surface area (Å²) in [6.45, 7) is 0.823. The highest BCUT2D eigenvalue weighted by Gasteiger charge is 2.34. The lowest BCUT2D eigenvalue weighted by Crippen LogP contribution is -2.54. The van der Waals surface area contributed by atoms with Crippen molar-refractivity contribution in [1.29, 1.82) is 0 Å². The van der Waals surface area contributed by atoms with Gasteiger partial charge in [0.15, 0.2) is 0 Å². The second-order valence-corrected chi connectivity index (χ2v) is 8.84. The molecule has 0 unspecified atom stereocenters. The van der Waals surface area contributed by atoms with Crippen LogP contribution in [-0.2, 0) is 6.42 Å². The molecule has 9 heteroatoms. The van der Waals surface area contributed by atoms with Gasteiger partial charge < -0.3 is 15.5 Å². The SMILES string of the molecule is C[C@](O)(CO)[C@@H](Cc1ccccn1)NC(=O)c1cccc(F)c1-c1cc(-c2ccc(Cl)cc2)[nH]n1. The first-order valence-electron chi connectivity index (χ1n) is 10.9. The summed E-state index contributed by atoms with van der Waals surface area (Å²) < 4.78 is 15.0. The van der Waals surface area contributed by atoms with Crippen LogP contribution < -0.4 is 5.32 Å². The number of aliphatic hydroxyl groups excluding tert-OH is 1. The van der Waals surface area contributed by atoms with Crippen molar-refractivity contribution < 1.29 is 19.4 Å². The van der Waals surface area contributed by atoms with Gasteiger partial charge in [0.1, 0.15) is 11.4 Å². The van der Waals surface area contributed by atoms with E-state index in [9.17, 15) is 19.4 Å². The maximum absolute atomic E-state index is 15.0. The van der Waals surface area contributed by atoms with E-state index in [-0.39, 0.29) is 23.2 Å². The van der Waals surface area contributed by atoms with Crippen molar-refractivity contribution >= 4 is 17.5 Å². The standard InChI is InChI=1S/C26H24ClFN4O3/c1-26(35,15-33)23(13-18-5-2-3-12-29-18)30-25(34)19-6-4-7-20(28)24(19)22-14-21(31-32-22)16-8-10-17(27)11-9-16/h2-12,14,23,33,35H,13,15H2,1H3,(H,30,34)(H,31,32)/t23-,26+/m1/s1. The summed E-state index contributed by atoms with van der Waals surface area (Å²) in [7, 11) is 0. The number of aliphatic hydroxyl groups is 2. The van der Waals surface area contributed by atoms with E-state index in [0.29, 0.717) is 16.4 Å². The number of amides is 1. The van der Waals surface area contributed by atoms with Crippen LogP contribution in [0.2, 0.25) is 5.02 Å². The first-order valence-corrected chi connectivity index (χ1v) is 11.3. The fourth-order valence-electron chi connectivity index (χ4n) is 3.70. The van der Waals surface area contributed by atoms with Crippen molar-refractivity contribution in [3.05, 3.63) is 95.0 Å². The zero-order valence-corrected chi connectivity index (χ0v) is 19.6. The summed E-state index contributed by atoms with van der Waals surface area (Å²) >= 11 is 5.95. The smallest absolute Gasteiger partial charge is 0.252 e.